The molecule has 1 aliphatic heterocycles. The first kappa shape index (κ1) is 20.5. The highest BCUT2D eigenvalue weighted by molar-refractivity contribution is 5.79. The highest BCUT2D eigenvalue weighted by Crippen LogP contribution is 2.67. The maximum atomic E-state index is 12.4. The minimum Gasteiger partial charge on any atom is -0.324 e. The van der Waals surface area contributed by atoms with Gasteiger partial charge in [-0.1, -0.05) is 13.8 Å². The van der Waals surface area contributed by atoms with Crippen molar-refractivity contribution in [1.29, 1.82) is 0 Å². The second-order valence-corrected chi connectivity index (χ2v) is 12.9. The molecule has 164 valence electrons. The Morgan fingerprint density at radius 1 is 0.828 bits per heavy atom. The number of nitrogens with zero attached hydrogens (tertiary/aromatic N) is 1. The van der Waals surface area contributed by atoms with Crippen molar-refractivity contribution in [2.45, 2.75) is 104 Å². The normalized spacial score (nSPS) is 51.6. The third-order valence-corrected chi connectivity index (χ3v) is 11.8. The molecule has 4 aliphatic carbocycles. The number of carbonyl (C=O) groups is 1. The first-order valence-corrected chi connectivity index (χ1v) is 13.1. The molecular weight excluding hydrogens is 354 g/mol. The number of hydrogen-bond donors (Lipinski definition) is 0. The number of Topliss-reactive ketones (excluding diaryl/α,β-unsaturated/α-hetero) is 1. The Balaban J connectivity index is 1.34. The van der Waals surface area contributed by atoms with Crippen molar-refractivity contribution in [3.05, 3.63) is 0 Å². The summed E-state index contributed by atoms with van der Waals surface area (Å²) in [6.07, 6.45) is 17.0. The number of likely N-dealkylation sites (tertiary alicyclic amines) is 1. The van der Waals surface area contributed by atoms with Crippen molar-refractivity contribution in [3.8, 4) is 0 Å². The maximum absolute atomic E-state index is 12.4. The summed E-state index contributed by atoms with van der Waals surface area (Å²) in [4.78, 5) is 12.4. The molecular formula is C27H46NO+. The van der Waals surface area contributed by atoms with E-state index in [1.807, 2.05) is 6.92 Å². The Hall–Kier alpha value is -0.370. The molecule has 4 saturated carbocycles. The molecule has 2 heteroatoms. The number of quaternary nitrogens is 1. The Morgan fingerprint density at radius 3 is 2.24 bits per heavy atom. The Morgan fingerprint density at radius 2 is 1.52 bits per heavy atom. The van der Waals surface area contributed by atoms with E-state index in [1.54, 1.807) is 0 Å². The van der Waals surface area contributed by atoms with E-state index in [0.717, 1.165) is 29.7 Å². The SMILES string of the molecule is CC(=O)[C@H]1CC[C@H]2[C@@H]3CC[C@H]4C[C@H]([N+]5(C)CCCCC5)CC[C@]4(C)[C@H]3CC[C@]12C. The van der Waals surface area contributed by atoms with Crippen LogP contribution in [0.1, 0.15) is 97.8 Å². The van der Waals surface area contributed by atoms with Crippen molar-refractivity contribution in [3.63, 3.8) is 0 Å². The number of hydrogen-bond acceptors (Lipinski definition) is 1. The monoisotopic (exact) mass is 400 g/mol. The van der Waals surface area contributed by atoms with Gasteiger partial charge in [0.05, 0.1) is 26.2 Å². The van der Waals surface area contributed by atoms with Crippen molar-refractivity contribution < 1.29 is 9.28 Å². The summed E-state index contributed by atoms with van der Waals surface area (Å²) >= 11 is 0. The van der Waals surface area contributed by atoms with Gasteiger partial charge < -0.3 is 4.48 Å². The molecule has 0 unspecified atom stereocenters. The van der Waals surface area contributed by atoms with Gasteiger partial charge in [-0.25, -0.2) is 0 Å². The minimum absolute atomic E-state index is 0.319. The average Bonchev–Trinajstić information content (AvgIpc) is 3.05. The number of carbonyl (C=O) groups excluding carboxylic acids is 1. The van der Waals surface area contributed by atoms with Gasteiger partial charge in [-0.15, -0.1) is 0 Å². The van der Waals surface area contributed by atoms with Crippen LogP contribution >= 0.6 is 0 Å². The van der Waals surface area contributed by atoms with Crippen molar-refractivity contribution in [2.75, 3.05) is 20.1 Å². The van der Waals surface area contributed by atoms with Crippen LogP contribution in [0.5, 0.6) is 0 Å². The largest absolute Gasteiger partial charge is 0.324 e. The second kappa shape index (κ2) is 7.07. The lowest BCUT2D eigenvalue weighted by atomic mass is 9.44. The minimum atomic E-state index is 0.319. The predicted octanol–water partition coefficient (Wildman–Crippen LogP) is 6.23. The molecule has 0 bridgehead atoms. The summed E-state index contributed by atoms with van der Waals surface area (Å²) in [5.41, 5.74) is 0.907. The average molecular weight is 401 g/mol. The van der Waals surface area contributed by atoms with Gasteiger partial charge in [-0.3, -0.25) is 4.79 Å². The molecule has 0 aromatic carbocycles. The van der Waals surface area contributed by atoms with Gasteiger partial charge in [0.1, 0.15) is 5.78 Å². The Bertz CT molecular complexity index is 651. The summed E-state index contributed by atoms with van der Waals surface area (Å²) in [6, 6.07) is 0.937. The number of ketones is 1. The quantitative estimate of drug-likeness (QED) is 0.502. The molecule has 0 radical (unpaired) electrons. The van der Waals surface area contributed by atoms with Crippen LogP contribution in [-0.2, 0) is 4.79 Å². The summed E-state index contributed by atoms with van der Waals surface area (Å²) in [6.45, 7) is 9.95. The Kier molecular flexibility index (Phi) is 5.01. The smallest absolute Gasteiger partial charge is 0.133 e. The van der Waals surface area contributed by atoms with Crippen LogP contribution < -0.4 is 0 Å². The molecule has 29 heavy (non-hydrogen) atoms. The number of piperidine rings is 1. The van der Waals surface area contributed by atoms with Crippen molar-refractivity contribution >= 4 is 5.78 Å². The first-order valence-electron chi connectivity index (χ1n) is 13.1. The van der Waals surface area contributed by atoms with Crippen LogP contribution in [0.25, 0.3) is 0 Å². The number of fused-ring (bicyclic) bond motifs is 5. The van der Waals surface area contributed by atoms with Gasteiger partial charge in [-0.2, -0.15) is 0 Å². The Labute approximate surface area is 179 Å². The van der Waals surface area contributed by atoms with Crippen LogP contribution in [0.2, 0.25) is 0 Å². The lowest BCUT2D eigenvalue weighted by Crippen LogP contribution is -2.60. The van der Waals surface area contributed by atoms with Crippen LogP contribution in [0.15, 0.2) is 0 Å². The van der Waals surface area contributed by atoms with Crippen molar-refractivity contribution in [1.82, 2.24) is 0 Å². The highest BCUT2D eigenvalue weighted by atomic mass is 16.1. The zero-order valence-electron chi connectivity index (χ0n) is 19.7. The number of rotatable bonds is 2. The lowest BCUT2D eigenvalue weighted by Gasteiger charge is -2.62. The zero-order chi connectivity index (χ0) is 20.4. The van der Waals surface area contributed by atoms with Crippen molar-refractivity contribution in [2.24, 2.45) is 40.4 Å². The van der Waals surface area contributed by atoms with Gasteiger partial charge in [0.25, 0.3) is 0 Å². The molecule has 1 heterocycles. The molecule has 0 N–H and O–H groups in total. The van der Waals surface area contributed by atoms with Gasteiger partial charge in [0.2, 0.25) is 0 Å². The second-order valence-electron chi connectivity index (χ2n) is 12.9. The first-order chi connectivity index (χ1) is 13.8. The van der Waals surface area contributed by atoms with Crippen LogP contribution in [-0.4, -0.2) is 36.4 Å². The molecule has 8 atom stereocenters. The van der Waals surface area contributed by atoms with Gasteiger partial charge in [0.15, 0.2) is 0 Å². The fourth-order valence-electron chi connectivity index (χ4n) is 10.1. The molecule has 0 aromatic rings. The van der Waals surface area contributed by atoms with Gasteiger partial charge in [-0.05, 0) is 112 Å². The molecule has 5 rings (SSSR count). The van der Waals surface area contributed by atoms with Gasteiger partial charge in [0, 0.05) is 12.3 Å². The molecule has 5 aliphatic rings. The van der Waals surface area contributed by atoms with Gasteiger partial charge >= 0.3 is 0 Å². The van der Waals surface area contributed by atoms with E-state index in [1.165, 1.54) is 94.6 Å². The molecule has 0 spiro atoms. The van der Waals surface area contributed by atoms with E-state index in [9.17, 15) is 4.79 Å². The predicted molar refractivity (Wildman–Crippen MR) is 119 cm³/mol. The van der Waals surface area contributed by atoms with Crippen LogP contribution in [0, 0.1) is 40.4 Å². The van der Waals surface area contributed by atoms with E-state index in [2.05, 4.69) is 20.9 Å². The third-order valence-electron chi connectivity index (χ3n) is 11.8. The summed E-state index contributed by atoms with van der Waals surface area (Å²) in [5, 5.41) is 0. The summed E-state index contributed by atoms with van der Waals surface area (Å²) < 4.78 is 1.39. The standard InChI is InChI=1S/C27H46NO/c1-19(29)23-10-11-24-22-9-8-20-18-21(28(4)16-6-5-7-17-28)12-14-26(20,2)25(22)13-15-27(23,24)3/h20-25H,5-18H2,1-4H3/q+1/t20-,21+,22-,23+,24-,25-,26-,27+/m0/s1. The fourth-order valence-corrected chi connectivity index (χ4v) is 10.1. The van der Waals surface area contributed by atoms with E-state index in [0.29, 0.717) is 22.5 Å². The lowest BCUT2D eigenvalue weighted by molar-refractivity contribution is -0.939. The molecule has 0 aromatic heterocycles. The molecule has 1 saturated heterocycles. The summed E-state index contributed by atoms with van der Waals surface area (Å²) in [7, 11) is 2.59. The highest BCUT2D eigenvalue weighted by Gasteiger charge is 2.61. The molecule has 0 amide bonds. The molecule has 5 fully saturated rings. The third kappa shape index (κ3) is 3.01. The molecule has 2 nitrogen and oxygen atoms in total. The van der Waals surface area contributed by atoms with E-state index in [4.69, 9.17) is 0 Å². The summed E-state index contributed by atoms with van der Waals surface area (Å²) in [5.74, 6) is 4.49. The van der Waals surface area contributed by atoms with Crippen LogP contribution in [0.4, 0.5) is 0 Å². The fraction of sp³-hybridized carbons (Fsp3) is 0.963. The van der Waals surface area contributed by atoms with Crippen LogP contribution in [0.3, 0.4) is 0 Å². The zero-order valence-corrected chi connectivity index (χ0v) is 19.7. The maximum Gasteiger partial charge on any atom is 0.133 e. The van der Waals surface area contributed by atoms with E-state index in [-0.39, 0.29) is 0 Å². The van der Waals surface area contributed by atoms with E-state index >= 15 is 0 Å². The topological polar surface area (TPSA) is 17.1 Å². The van der Waals surface area contributed by atoms with E-state index < -0.39 is 0 Å².